The molecule has 2 aromatic rings. The van der Waals surface area contributed by atoms with Crippen LogP contribution in [0.25, 0.3) is 10.6 Å². The average molecular weight is 279 g/mol. The number of aromatic nitrogens is 2. The molecule has 0 saturated carbocycles. The molecular formula is C13H14FN3OS. The number of rotatable bonds is 4. The average Bonchev–Trinajstić information content (AvgIpc) is 2.81. The van der Waals surface area contributed by atoms with Crippen LogP contribution in [0.5, 0.6) is 0 Å². The molecule has 2 aromatic heterocycles. The van der Waals surface area contributed by atoms with Gasteiger partial charge in [0.15, 0.2) is 0 Å². The molecular weight excluding hydrogens is 265 g/mol. The van der Waals surface area contributed by atoms with Gasteiger partial charge in [-0.3, -0.25) is 9.78 Å². The second-order valence-electron chi connectivity index (χ2n) is 4.20. The van der Waals surface area contributed by atoms with Crippen molar-refractivity contribution in [3.8, 4) is 10.6 Å². The molecule has 2 heterocycles. The largest absolute Gasteiger partial charge is 0.346 e. The summed E-state index contributed by atoms with van der Waals surface area (Å²) in [6.07, 6.45) is 3.38. The first-order chi connectivity index (χ1) is 9.11. The number of nitrogens with zero attached hydrogens (tertiary/aromatic N) is 2. The van der Waals surface area contributed by atoms with Crippen molar-refractivity contribution < 1.29 is 9.18 Å². The van der Waals surface area contributed by atoms with Gasteiger partial charge in [-0.25, -0.2) is 9.37 Å². The van der Waals surface area contributed by atoms with Crippen molar-refractivity contribution >= 4 is 17.2 Å². The van der Waals surface area contributed by atoms with Gasteiger partial charge < -0.3 is 5.32 Å². The fourth-order valence-electron chi connectivity index (χ4n) is 1.55. The summed E-state index contributed by atoms with van der Waals surface area (Å²) in [6.45, 7) is 2.81. The summed E-state index contributed by atoms with van der Waals surface area (Å²) in [5, 5.41) is 3.33. The smallest absolute Gasteiger partial charge is 0.263 e. The number of halogens is 1. The Morgan fingerprint density at radius 3 is 3.00 bits per heavy atom. The van der Waals surface area contributed by atoms with E-state index in [1.54, 1.807) is 26.2 Å². The summed E-state index contributed by atoms with van der Waals surface area (Å²) in [5.74, 6) is -0.282. The van der Waals surface area contributed by atoms with E-state index in [2.05, 4.69) is 15.3 Å². The van der Waals surface area contributed by atoms with Crippen molar-refractivity contribution in [2.75, 3.05) is 6.67 Å². The molecule has 2 rings (SSSR count). The molecule has 1 unspecified atom stereocenters. The van der Waals surface area contributed by atoms with Gasteiger partial charge in [0.1, 0.15) is 16.6 Å². The van der Waals surface area contributed by atoms with E-state index in [0.717, 1.165) is 10.6 Å². The summed E-state index contributed by atoms with van der Waals surface area (Å²) in [4.78, 5) is 20.9. The second-order valence-corrected chi connectivity index (χ2v) is 5.20. The van der Waals surface area contributed by atoms with Crippen LogP contribution in [-0.2, 0) is 0 Å². The standard InChI is InChI=1S/C13H14FN3OS/c1-8(6-14)16-12(18)11-9(2)17-13(19-11)10-4-3-5-15-7-10/h3-5,7-8H,6H2,1-2H3,(H,16,18). The first kappa shape index (κ1) is 13.6. The molecule has 19 heavy (non-hydrogen) atoms. The molecule has 0 aliphatic rings. The quantitative estimate of drug-likeness (QED) is 0.936. The number of aryl methyl sites for hydroxylation is 1. The van der Waals surface area contributed by atoms with Crippen molar-refractivity contribution in [3.63, 3.8) is 0 Å². The Morgan fingerprint density at radius 2 is 2.37 bits per heavy atom. The highest BCUT2D eigenvalue weighted by atomic mass is 32.1. The van der Waals surface area contributed by atoms with Crippen molar-refractivity contribution in [2.24, 2.45) is 0 Å². The lowest BCUT2D eigenvalue weighted by molar-refractivity contribution is 0.0937. The third-order valence-electron chi connectivity index (χ3n) is 2.52. The maximum atomic E-state index is 12.4. The second kappa shape index (κ2) is 5.88. The number of carbonyl (C=O) groups excluding carboxylic acids is 1. The van der Waals surface area contributed by atoms with Crippen LogP contribution in [0.4, 0.5) is 4.39 Å². The van der Waals surface area contributed by atoms with Gasteiger partial charge in [-0.05, 0) is 26.0 Å². The van der Waals surface area contributed by atoms with Gasteiger partial charge in [0.25, 0.3) is 5.91 Å². The van der Waals surface area contributed by atoms with Gasteiger partial charge in [0.2, 0.25) is 0 Å². The number of alkyl halides is 1. The number of nitrogens with one attached hydrogen (secondary N) is 1. The topological polar surface area (TPSA) is 54.9 Å². The van der Waals surface area contributed by atoms with E-state index >= 15 is 0 Å². The molecule has 6 heteroatoms. The van der Waals surface area contributed by atoms with Crippen molar-refractivity contribution in [1.29, 1.82) is 0 Å². The van der Waals surface area contributed by atoms with Crippen molar-refractivity contribution in [1.82, 2.24) is 15.3 Å². The van der Waals surface area contributed by atoms with E-state index in [4.69, 9.17) is 0 Å². The van der Waals surface area contributed by atoms with Crippen LogP contribution in [0.15, 0.2) is 24.5 Å². The van der Waals surface area contributed by atoms with Gasteiger partial charge in [-0.1, -0.05) is 0 Å². The number of hydrogen-bond donors (Lipinski definition) is 1. The van der Waals surface area contributed by atoms with Gasteiger partial charge >= 0.3 is 0 Å². The highest BCUT2D eigenvalue weighted by Crippen LogP contribution is 2.27. The third-order valence-corrected chi connectivity index (χ3v) is 3.73. The number of pyridine rings is 1. The summed E-state index contributed by atoms with van der Waals surface area (Å²) in [6, 6.07) is 3.21. The third kappa shape index (κ3) is 3.14. The molecule has 0 aliphatic carbocycles. The number of amides is 1. The first-order valence-corrected chi connectivity index (χ1v) is 6.68. The molecule has 0 aliphatic heterocycles. The monoisotopic (exact) mass is 279 g/mol. The van der Waals surface area contributed by atoms with Crippen LogP contribution in [0, 0.1) is 6.92 Å². The summed E-state index contributed by atoms with van der Waals surface area (Å²) in [7, 11) is 0. The molecule has 0 aromatic carbocycles. The lowest BCUT2D eigenvalue weighted by Gasteiger charge is -2.08. The Kier molecular flexibility index (Phi) is 4.21. The fourth-order valence-corrected chi connectivity index (χ4v) is 2.51. The van der Waals surface area contributed by atoms with E-state index < -0.39 is 12.7 Å². The molecule has 100 valence electrons. The maximum absolute atomic E-state index is 12.4. The van der Waals surface area contributed by atoms with Gasteiger partial charge in [0, 0.05) is 18.0 Å². The predicted molar refractivity (Wildman–Crippen MR) is 73.0 cm³/mol. The minimum absolute atomic E-state index is 0.282. The Bertz CT molecular complexity index is 571. The Labute approximate surface area is 114 Å². The molecule has 0 fully saturated rings. The van der Waals surface area contributed by atoms with Gasteiger partial charge in [0.05, 0.1) is 11.7 Å². The Balaban J connectivity index is 2.24. The van der Waals surface area contributed by atoms with Crippen LogP contribution < -0.4 is 5.32 Å². The zero-order chi connectivity index (χ0) is 13.8. The summed E-state index contributed by atoms with van der Waals surface area (Å²) in [5.41, 5.74) is 1.51. The minimum atomic E-state index is -0.584. The molecule has 0 spiro atoms. The molecule has 0 bridgehead atoms. The molecule has 4 nitrogen and oxygen atoms in total. The lowest BCUT2D eigenvalue weighted by Crippen LogP contribution is -2.33. The zero-order valence-electron chi connectivity index (χ0n) is 10.7. The van der Waals surface area contributed by atoms with Crippen LogP contribution in [-0.4, -0.2) is 28.6 Å². The summed E-state index contributed by atoms with van der Waals surface area (Å²) >= 11 is 1.29. The van der Waals surface area contributed by atoms with E-state index in [1.807, 2.05) is 12.1 Å². The molecule has 0 saturated heterocycles. The van der Waals surface area contributed by atoms with Crippen molar-refractivity contribution in [3.05, 3.63) is 35.1 Å². The Morgan fingerprint density at radius 1 is 1.58 bits per heavy atom. The maximum Gasteiger partial charge on any atom is 0.263 e. The van der Waals surface area contributed by atoms with E-state index in [-0.39, 0.29) is 5.91 Å². The molecule has 1 N–H and O–H groups in total. The highest BCUT2D eigenvalue weighted by molar-refractivity contribution is 7.17. The predicted octanol–water partition coefficient (Wildman–Crippen LogP) is 2.60. The van der Waals surface area contributed by atoms with Crippen LogP contribution in [0.1, 0.15) is 22.3 Å². The SMILES string of the molecule is Cc1nc(-c2cccnc2)sc1C(=O)NC(C)CF. The van der Waals surface area contributed by atoms with Crippen LogP contribution in [0.2, 0.25) is 0 Å². The summed E-state index contributed by atoms with van der Waals surface area (Å²) < 4.78 is 12.4. The molecule has 1 amide bonds. The van der Waals surface area contributed by atoms with Gasteiger partial charge in [-0.15, -0.1) is 11.3 Å². The first-order valence-electron chi connectivity index (χ1n) is 5.86. The molecule has 1 atom stereocenters. The Hall–Kier alpha value is -1.82. The lowest BCUT2D eigenvalue weighted by atomic mass is 10.3. The van der Waals surface area contributed by atoms with E-state index in [9.17, 15) is 9.18 Å². The van der Waals surface area contributed by atoms with Gasteiger partial charge in [-0.2, -0.15) is 0 Å². The minimum Gasteiger partial charge on any atom is -0.346 e. The van der Waals surface area contributed by atoms with Crippen LogP contribution in [0.3, 0.4) is 0 Å². The normalized spacial score (nSPS) is 12.2. The molecule has 0 radical (unpaired) electrons. The number of hydrogen-bond acceptors (Lipinski definition) is 4. The number of thiazole rings is 1. The fraction of sp³-hybridized carbons (Fsp3) is 0.308. The van der Waals surface area contributed by atoms with Crippen molar-refractivity contribution in [2.45, 2.75) is 19.9 Å². The van der Waals surface area contributed by atoms with E-state index in [0.29, 0.717) is 10.6 Å². The van der Waals surface area contributed by atoms with E-state index in [1.165, 1.54) is 11.3 Å². The zero-order valence-corrected chi connectivity index (χ0v) is 11.5. The van der Waals surface area contributed by atoms with Crippen LogP contribution >= 0.6 is 11.3 Å². The number of carbonyl (C=O) groups is 1. The highest BCUT2D eigenvalue weighted by Gasteiger charge is 2.17.